The molecule has 0 spiro atoms. The first-order valence-corrected chi connectivity index (χ1v) is 9.25. The van der Waals surface area contributed by atoms with E-state index in [0.717, 1.165) is 16.9 Å². The summed E-state index contributed by atoms with van der Waals surface area (Å²) in [5, 5.41) is 12.1. The lowest BCUT2D eigenvalue weighted by Gasteiger charge is -2.10. The van der Waals surface area contributed by atoms with Crippen molar-refractivity contribution < 1.29 is 9.53 Å². The van der Waals surface area contributed by atoms with E-state index in [0.29, 0.717) is 16.6 Å². The zero-order chi connectivity index (χ0) is 20.4. The van der Waals surface area contributed by atoms with Gasteiger partial charge < -0.3 is 10.1 Å². The molecule has 0 bridgehead atoms. The molecule has 1 N–H and O–H groups in total. The van der Waals surface area contributed by atoms with Crippen molar-refractivity contribution in [3.8, 4) is 17.1 Å². The zero-order valence-corrected chi connectivity index (χ0v) is 16.6. The second kappa shape index (κ2) is 7.81. The van der Waals surface area contributed by atoms with Gasteiger partial charge in [0.25, 0.3) is 5.91 Å². The quantitative estimate of drug-likeness (QED) is 0.535. The van der Waals surface area contributed by atoms with E-state index >= 15 is 0 Å². The minimum atomic E-state index is -0.348. The fourth-order valence-electron chi connectivity index (χ4n) is 2.95. The van der Waals surface area contributed by atoms with Gasteiger partial charge in [0.15, 0.2) is 5.69 Å². The number of hydrogen-bond donors (Lipinski definition) is 1. The van der Waals surface area contributed by atoms with Gasteiger partial charge in [0.2, 0.25) is 0 Å². The molecule has 0 aliphatic heterocycles. The largest absolute Gasteiger partial charge is 0.494 e. The van der Waals surface area contributed by atoms with E-state index in [2.05, 4.69) is 15.5 Å². The molecule has 4 rings (SSSR count). The number of anilines is 1. The highest BCUT2D eigenvalue weighted by atomic mass is 35.5. The number of carbonyl (C=O) groups is 1. The molecule has 0 aliphatic rings. The van der Waals surface area contributed by atoms with Gasteiger partial charge in [-0.25, -0.2) is 9.36 Å². The molecule has 8 heteroatoms. The molecule has 2 aromatic heterocycles. The van der Waals surface area contributed by atoms with E-state index in [1.165, 1.54) is 0 Å². The minimum absolute atomic E-state index is 0.271. The first kappa shape index (κ1) is 18.8. The van der Waals surface area contributed by atoms with Crippen molar-refractivity contribution in [2.75, 3.05) is 12.4 Å². The fraction of sp³-hybridized carbons (Fsp3) is 0.0952. The number of hydrogen-bond acceptors (Lipinski definition) is 4. The van der Waals surface area contributed by atoms with Gasteiger partial charge in [-0.15, -0.1) is 0 Å². The Bertz CT molecular complexity index is 1180. The van der Waals surface area contributed by atoms with Crippen molar-refractivity contribution in [2.45, 2.75) is 6.92 Å². The Hall–Kier alpha value is -3.58. The molecule has 146 valence electrons. The first-order valence-electron chi connectivity index (χ1n) is 8.87. The van der Waals surface area contributed by atoms with E-state index in [4.69, 9.17) is 16.3 Å². The maximum absolute atomic E-state index is 12.7. The molecular formula is C21H18ClN5O2. The lowest BCUT2D eigenvalue weighted by Crippen LogP contribution is -2.16. The second-order valence-corrected chi connectivity index (χ2v) is 6.82. The summed E-state index contributed by atoms with van der Waals surface area (Å²) in [5.41, 5.74) is 2.84. The normalized spacial score (nSPS) is 10.7. The van der Waals surface area contributed by atoms with Crippen molar-refractivity contribution >= 4 is 23.3 Å². The molecule has 7 nitrogen and oxygen atoms in total. The summed E-state index contributed by atoms with van der Waals surface area (Å²) in [6.07, 6.45) is 3.33. The molecule has 0 saturated heterocycles. The van der Waals surface area contributed by atoms with Crippen LogP contribution < -0.4 is 10.1 Å². The van der Waals surface area contributed by atoms with Crippen LogP contribution in [0.15, 0.2) is 67.0 Å². The highest BCUT2D eigenvalue weighted by molar-refractivity contribution is 6.30. The fourth-order valence-corrected chi connectivity index (χ4v) is 3.13. The number of amides is 1. The summed E-state index contributed by atoms with van der Waals surface area (Å²) >= 11 is 6.06. The van der Waals surface area contributed by atoms with Crippen molar-refractivity contribution in [1.82, 2.24) is 19.6 Å². The predicted octanol–water partition coefficient (Wildman–Crippen LogP) is 4.28. The number of rotatable bonds is 5. The number of aryl methyl sites for hydroxylation is 1. The molecule has 0 atom stereocenters. The highest BCUT2D eigenvalue weighted by Crippen LogP contribution is 2.24. The van der Waals surface area contributed by atoms with Gasteiger partial charge in [0.1, 0.15) is 17.3 Å². The van der Waals surface area contributed by atoms with Gasteiger partial charge in [0.05, 0.1) is 19.0 Å². The number of methoxy groups -OCH3 is 1. The Morgan fingerprint density at radius 1 is 1.14 bits per heavy atom. The monoisotopic (exact) mass is 407 g/mol. The molecule has 2 aromatic carbocycles. The van der Waals surface area contributed by atoms with E-state index in [9.17, 15) is 4.79 Å². The van der Waals surface area contributed by atoms with Crippen LogP contribution in [0.4, 0.5) is 5.82 Å². The molecule has 0 radical (unpaired) electrons. The predicted molar refractivity (Wildman–Crippen MR) is 111 cm³/mol. The number of ether oxygens (including phenoxy) is 1. The van der Waals surface area contributed by atoms with E-state index in [1.54, 1.807) is 53.1 Å². The van der Waals surface area contributed by atoms with Crippen LogP contribution in [0.1, 0.15) is 16.1 Å². The van der Waals surface area contributed by atoms with Crippen LogP contribution in [0, 0.1) is 6.92 Å². The molecule has 0 saturated carbocycles. The van der Waals surface area contributed by atoms with Gasteiger partial charge in [-0.3, -0.25) is 4.79 Å². The summed E-state index contributed by atoms with van der Waals surface area (Å²) < 4.78 is 8.62. The van der Waals surface area contributed by atoms with Gasteiger partial charge >= 0.3 is 0 Å². The Morgan fingerprint density at radius 3 is 2.79 bits per heavy atom. The lowest BCUT2D eigenvalue weighted by atomic mass is 10.2. The first-order chi connectivity index (χ1) is 14.0. The van der Waals surface area contributed by atoms with Crippen molar-refractivity contribution in [3.05, 3.63) is 83.3 Å². The molecule has 1 amide bonds. The van der Waals surface area contributed by atoms with Gasteiger partial charge in [0, 0.05) is 17.3 Å². The third kappa shape index (κ3) is 3.86. The zero-order valence-electron chi connectivity index (χ0n) is 15.8. The maximum atomic E-state index is 12.7. The molecule has 0 fully saturated rings. The van der Waals surface area contributed by atoms with Crippen LogP contribution in [-0.2, 0) is 0 Å². The highest BCUT2D eigenvalue weighted by Gasteiger charge is 2.15. The van der Waals surface area contributed by atoms with Gasteiger partial charge in [-0.2, -0.15) is 10.2 Å². The topological polar surface area (TPSA) is 74.0 Å². The number of nitrogens with zero attached hydrogens (tertiary/aromatic N) is 4. The molecule has 2 heterocycles. The average Bonchev–Trinajstić information content (AvgIpc) is 3.37. The lowest BCUT2D eigenvalue weighted by molar-refractivity contribution is 0.102. The second-order valence-electron chi connectivity index (χ2n) is 6.38. The molecule has 29 heavy (non-hydrogen) atoms. The SMILES string of the molecule is COc1ccc(C)cc1-n1ccc(C(=O)Nc2ccnn2-c2cccc(Cl)c2)n1. The average molecular weight is 408 g/mol. The van der Waals surface area contributed by atoms with Crippen LogP contribution in [0.2, 0.25) is 5.02 Å². The van der Waals surface area contributed by atoms with E-state index in [1.807, 2.05) is 37.3 Å². The Labute approximate surface area is 172 Å². The minimum Gasteiger partial charge on any atom is -0.494 e. The Balaban J connectivity index is 1.59. The molecule has 0 aliphatic carbocycles. The van der Waals surface area contributed by atoms with E-state index in [-0.39, 0.29) is 11.6 Å². The van der Waals surface area contributed by atoms with Crippen molar-refractivity contribution in [1.29, 1.82) is 0 Å². The summed E-state index contributed by atoms with van der Waals surface area (Å²) in [6.45, 7) is 1.98. The smallest absolute Gasteiger partial charge is 0.277 e. The number of nitrogens with one attached hydrogen (secondary N) is 1. The van der Waals surface area contributed by atoms with Crippen LogP contribution in [-0.4, -0.2) is 32.6 Å². The Morgan fingerprint density at radius 2 is 2.00 bits per heavy atom. The standard InChI is InChI=1S/C21H18ClN5O2/c1-14-6-7-19(29-2)18(12-14)26-11-9-17(25-26)21(28)24-20-8-10-23-27(20)16-5-3-4-15(22)13-16/h3-13H,1-2H3,(H,24,28). The number of benzene rings is 2. The summed E-state index contributed by atoms with van der Waals surface area (Å²) in [4.78, 5) is 12.7. The maximum Gasteiger partial charge on any atom is 0.277 e. The summed E-state index contributed by atoms with van der Waals surface area (Å²) in [5.74, 6) is 0.837. The van der Waals surface area contributed by atoms with Crippen LogP contribution in [0.25, 0.3) is 11.4 Å². The molecule has 0 unspecified atom stereocenters. The van der Waals surface area contributed by atoms with Gasteiger partial charge in [-0.1, -0.05) is 23.7 Å². The number of aromatic nitrogens is 4. The number of carbonyl (C=O) groups excluding carboxylic acids is 1. The number of halogens is 1. The third-order valence-electron chi connectivity index (χ3n) is 4.34. The van der Waals surface area contributed by atoms with Crippen molar-refractivity contribution in [3.63, 3.8) is 0 Å². The van der Waals surface area contributed by atoms with Gasteiger partial charge in [-0.05, 0) is 48.9 Å². The molecular weight excluding hydrogens is 390 g/mol. The van der Waals surface area contributed by atoms with E-state index < -0.39 is 0 Å². The third-order valence-corrected chi connectivity index (χ3v) is 4.58. The Kier molecular flexibility index (Phi) is 5.05. The van der Waals surface area contributed by atoms with Crippen LogP contribution in [0.3, 0.4) is 0 Å². The summed E-state index contributed by atoms with van der Waals surface area (Å²) in [7, 11) is 1.60. The van der Waals surface area contributed by atoms with Crippen LogP contribution >= 0.6 is 11.6 Å². The summed E-state index contributed by atoms with van der Waals surface area (Å²) in [6, 6.07) is 16.3. The molecule has 4 aromatic rings. The van der Waals surface area contributed by atoms with Crippen LogP contribution in [0.5, 0.6) is 5.75 Å². The van der Waals surface area contributed by atoms with Crippen molar-refractivity contribution in [2.24, 2.45) is 0 Å².